The Hall–Kier alpha value is -0.0400. The highest BCUT2D eigenvalue weighted by Gasteiger charge is 2.30. The van der Waals surface area contributed by atoms with E-state index >= 15 is 0 Å². The van der Waals surface area contributed by atoms with Crippen LogP contribution in [0.2, 0.25) is 0 Å². The van der Waals surface area contributed by atoms with Crippen LogP contribution in [0.25, 0.3) is 0 Å². The van der Waals surface area contributed by atoms with E-state index in [0.29, 0.717) is 0 Å². The molecule has 0 bridgehead atoms. The molecule has 2 fully saturated rings. The van der Waals surface area contributed by atoms with Gasteiger partial charge in [0.15, 0.2) is 0 Å². The minimum absolute atomic E-state index is 0.862. The van der Waals surface area contributed by atoms with Crippen molar-refractivity contribution in [1.82, 2.24) is 4.90 Å². The molecule has 0 spiro atoms. The third-order valence-electron chi connectivity index (χ3n) is 3.83. The summed E-state index contributed by atoms with van der Waals surface area (Å²) >= 11 is 0. The van der Waals surface area contributed by atoms with Gasteiger partial charge < -0.3 is 0 Å². The van der Waals surface area contributed by atoms with E-state index in [0.717, 1.165) is 18.0 Å². The summed E-state index contributed by atoms with van der Waals surface area (Å²) < 4.78 is 0. The topological polar surface area (TPSA) is 3.24 Å². The largest absolute Gasteiger partial charge is 0.298 e. The third-order valence-corrected chi connectivity index (χ3v) is 3.83. The van der Waals surface area contributed by atoms with Crippen molar-refractivity contribution in [2.45, 2.75) is 58.0 Å². The van der Waals surface area contributed by atoms with Crippen molar-refractivity contribution in [3.05, 3.63) is 0 Å². The van der Waals surface area contributed by atoms with Crippen molar-refractivity contribution in [3.63, 3.8) is 0 Å². The van der Waals surface area contributed by atoms with E-state index in [-0.39, 0.29) is 0 Å². The minimum Gasteiger partial charge on any atom is -0.298 e. The van der Waals surface area contributed by atoms with Gasteiger partial charge in [-0.3, -0.25) is 4.90 Å². The third kappa shape index (κ3) is 1.52. The van der Waals surface area contributed by atoms with E-state index in [1.807, 2.05) is 0 Å². The lowest BCUT2D eigenvalue weighted by molar-refractivity contribution is 0.141. The molecule has 1 aliphatic heterocycles. The van der Waals surface area contributed by atoms with Crippen molar-refractivity contribution in [2.24, 2.45) is 5.92 Å². The first kappa shape index (κ1) is 8.55. The maximum absolute atomic E-state index is 2.73. The van der Waals surface area contributed by atoms with Crippen LogP contribution in [0, 0.1) is 5.92 Å². The van der Waals surface area contributed by atoms with Gasteiger partial charge in [-0.25, -0.2) is 0 Å². The van der Waals surface area contributed by atoms with E-state index in [9.17, 15) is 0 Å². The predicted molar refractivity (Wildman–Crippen MR) is 52.2 cm³/mol. The standard InChI is InChI=1S/C11H21N/c1-9-6-7-10(2)12(9)8-11-4-3-5-11/h9-11H,3-8H2,1-2H3. The summed E-state index contributed by atoms with van der Waals surface area (Å²) in [5, 5.41) is 0. The van der Waals surface area contributed by atoms with Crippen LogP contribution in [0.3, 0.4) is 0 Å². The van der Waals surface area contributed by atoms with Gasteiger partial charge in [0.25, 0.3) is 0 Å². The van der Waals surface area contributed by atoms with Crippen LogP contribution in [0.1, 0.15) is 46.0 Å². The number of likely N-dealkylation sites (tertiary alicyclic amines) is 1. The Morgan fingerprint density at radius 3 is 2.00 bits per heavy atom. The van der Waals surface area contributed by atoms with Crippen LogP contribution in [0.15, 0.2) is 0 Å². The lowest BCUT2D eigenvalue weighted by Gasteiger charge is -2.34. The van der Waals surface area contributed by atoms with Gasteiger partial charge in [0, 0.05) is 18.6 Å². The molecule has 0 aromatic heterocycles. The summed E-state index contributed by atoms with van der Waals surface area (Å²) in [4.78, 5) is 2.73. The van der Waals surface area contributed by atoms with Gasteiger partial charge in [-0.2, -0.15) is 0 Å². The van der Waals surface area contributed by atoms with Crippen LogP contribution < -0.4 is 0 Å². The van der Waals surface area contributed by atoms with E-state index < -0.39 is 0 Å². The fourth-order valence-electron chi connectivity index (χ4n) is 2.58. The van der Waals surface area contributed by atoms with E-state index in [1.165, 1.54) is 38.6 Å². The fraction of sp³-hybridized carbons (Fsp3) is 1.00. The molecule has 2 atom stereocenters. The Bertz CT molecular complexity index is 141. The summed E-state index contributed by atoms with van der Waals surface area (Å²) in [6.45, 7) is 6.17. The van der Waals surface area contributed by atoms with Crippen molar-refractivity contribution in [2.75, 3.05) is 6.54 Å². The monoisotopic (exact) mass is 167 g/mol. The Morgan fingerprint density at radius 1 is 1.00 bits per heavy atom. The molecule has 1 aliphatic carbocycles. The molecule has 0 N–H and O–H groups in total. The number of hydrogen-bond donors (Lipinski definition) is 0. The first-order valence-corrected chi connectivity index (χ1v) is 5.53. The fourth-order valence-corrected chi connectivity index (χ4v) is 2.58. The molecule has 1 saturated heterocycles. The number of nitrogens with zero attached hydrogens (tertiary/aromatic N) is 1. The molecule has 12 heavy (non-hydrogen) atoms. The van der Waals surface area contributed by atoms with Crippen molar-refractivity contribution < 1.29 is 0 Å². The highest BCUT2D eigenvalue weighted by molar-refractivity contribution is 4.85. The zero-order valence-corrected chi connectivity index (χ0v) is 8.42. The van der Waals surface area contributed by atoms with Crippen LogP contribution in [-0.2, 0) is 0 Å². The summed E-state index contributed by atoms with van der Waals surface area (Å²) in [7, 11) is 0. The second kappa shape index (κ2) is 3.37. The molecule has 1 nitrogen and oxygen atoms in total. The molecule has 1 saturated carbocycles. The predicted octanol–water partition coefficient (Wildman–Crippen LogP) is 2.66. The van der Waals surface area contributed by atoms with Crippen LogP contribution in [0.5, 0.6) is 0 Å². The second-order valence-electron chi connectivity index (χ2n) is 4.77. The zero-order valence-electron chi connectivity index (χ0n) is 8.42. The normalized spacial score (nSPS) is 38.5. The zero-order chi connectivity index (χ0) is 8.55. The van der Waals surface area contributed by atoms with Gasteiger partial charge in [-0.1, -0.05) is 6.42 Å². The summed E-state index contributed by atoms with van der Waals surface area (Å²) in [5.41, 5.74) is 0. The molecule has 0 amide bonds. The lowest BCUT2D eigenvalue weighted by Crippen LogP contribution is -2.38. The van der Waals surface area contributed by atoms with Crippen LogP contribution in [0.4, 0.5) is 0 Å². The van der Waals surface area contributed by atoms with Gasteiger partial charge >= 0.3 is 0 Å². The van der Waals surface area contributed by atoms with Crippen molar-refractivity contribution >= 4 is 0 Å². The van der Waals surface area contributed by atoms with E-state index in [4.69, 9.17) is 0 Å². The lowest BCUT2D eigenvalue weighted by atomic mass is 9.85. The molecule has 0 radical (unpaired) electrons. The van der Waals surface area contributed by atoms with Gasteiger partial charge in [-0.15, -0.1) is 0 Å². The molecule has 70 valence electrons. The Morgan fingerprint density at radius 2 is 1.58 bits per heavy atom. The maximum atomic E-state index is 2.73. The molecule has 1 heteroatoms. The number of hydrogen-bond acceptors (Lipinski definition) is 1. The Kier molecular flexibility index (Phi) is 2.40. The minimum atomic E-state index is 0.862. The molecule has 1 heterocycles. The Balaban J connectivity index is 1.83. The quantitative estimate of drug-likeness (QED) is 0.611. The average Bonchev–Trinajstić information content (AvgIpc) is 2.25. The molecule has 2 aliphatic rings. The second-order valence-corrected chi connectivity index (χ2v) is 4.77. The Labute approximate surface area is 76.1 Å². The van der Waals surface area contributed by atoms with Gasteiger partial charge in [0.2, 0.25) is 0 Å². The summed E-state index contributed by atoms with van der Waals surface area (Å²) in [6, 6.07) is 1.72. The van der Waals surface area contributed by atoms with Crippen molar-refractivity contribution in [3.8, 4) is 0 Å². The van der Waals surface area contributed by atoms with Crippen molar-refractivity contribution in [1.29, 1.82) is 0 Å². The molecule has 2 unspecified atom stereocenters. The maximum Gasteiger partial charge on any atom is 0.00704 e. The van der Waals surface area contributed by atoms with Gasteiger partial charge in [-0.05, 0) is 45.4 Å². The summed E-state index contributed by atoms with van der Waals surface area (Å²) in [5.74, 6) is 1.05. The highest BCUT2D eigenvalue weighted by Crippen LogP contribution is 2.31. The molecule has 0 aromatic carbocycles. The van der Waals surface area contributed by atoms with Crippen LogP contribution >= 0.6 is 0 Å². The first-order valence-electron chi connectivity index (χ1n) is 5.53. The molecule has 0 aromatic rings. The molecular weight excluding hydrogens is 146 g/mol. The van der Waals surface area contributed by atoms with Crippen LogP contribution in [-0.4, -0.2) is 23.5 Å². The molecular formula is C11H21N. The summed E-state index contributed by atoms with van der Waals surface area (Å²) in [6.07, 6.45) is 7.33. The highest BCUT2D eigenvalue weighted by atomic mass is 15.2. The SMILES string of the molecule is CC1CCC(C)N1CC1CCC1. The van der Waals surface area contributed by atoms with E-state index in [1.54, 1.807) is 0 Å². The molecule has 2 rings (SSSR count). The van der Waals surface area contributed by atoms with E-state index in [2.05, 4.69) is 18.7 Å². The van der Waals surface area contributed by atoms with Gasteiger partial charge in [0.05, 0.1) is 0 Å². The average molecular weight is 167 g/mol. The smallest absolute Gasteiger partial charge is 0.00704 e. The van der Waals surface area contributed by atoms with Gasteiger partial charge in [0.1, 0.15) is 0 Å². The first-order chi connectivity index (χ1) is 5.77. The number of rotatable bonds is 2.